The van der Waals surface area contributed by atoms with Crippen LogP contribution in [0.1, 0.15) is 32.8 Å². The van der Waals surface area contributed by atoms with Crippen LogP contribution >= 0.6 is 0 Å². The van der Waals surface area contributed by atoms with Crippen LogP contribution < -0.4 is 10.2 Å². The summed E-state index contributed by atoms with van der Waals surface area (Å²) >= 11 is 0. The van der Waals surface area contributed by atoms with Crippen molar-refractivity contribution >= 4 is 12.6 Å². The number of hydrogen-bond acceptors (Lipinski definition) is 4. The van der Waals surface area contributed by atoms with E-state index >= 15 is 0 Å². The van der Waals surface area contributed by atoms with E-state index in [0.29, 0.717) is 29.1 Å². The maximum absolute atomic E-state index is 9.46. The number of methoxy groups -OCH3 is 1. The van der Waals surface area contributed by atoms with Gasteiger partial charge in [-0.05, 0) is 36.8 Å². The summed E-state index contributed by atoms with van der Waals surface area (Å²) in [6, 6.07) is 6.19. The van der Waals surface area contributed by atoms with Crippen LogP contribution in [0.4, 0.5) is 0 Å². The first-order chi connectivity index (χ1) is 9.92. The summed E-state index contributed by atoms with van der Waals surface area (Å²) in [6.07, 6.45) is 1.28. The quantitative estimate of drug-likeness (QED) is 0.820. The van der Waals surface area contributed by atoms with Crippen LogP contribution in [0.15, 0.2) is 18.2 Å². The van der Waals surface area contributed by atoms with Crippen LogP contribution in [-0.2, 0) is 6.54 Å². The maximum Gasteiger partial charge on any atom is 0.492 e. The third-order valence-corrected chi connectivity index (χ3v) is 4.68. The second kappa shape index (κ2) is 6.82. The normalized spacial score (nSPS) is 26.7. The molecule has 0 spiro atoms. The Morgan fingerprint density at radius 3 is 2.62 bits per heavy atom. The molecule has 0 saturated carbocycles. The summed E-state index contributed by atoms with van der Waals surface area (Å²) in [6.45, 7) is 8.81. The molecule has 1 aromatic carbocycles. The van der Waals surface area contributed by atoms with Gasteiger partial charge in [0.2, 0.25) is 0 Å². The van der Waals surface area contributed by atoms with Gasteiger partial charge in [0.05, 0.1) is 7.11 Å². The van der Waals surface area contributed by atoms with Crippen molar-refractivity contribution < 1.29 is 14.8 Å². The van der Waals surface area contributed by atoms with Crippen molar-refractivity contribution in [2.24, 2.45) is 11.8 Å². The predicted molar refractivity (Wildman–Crippen MR) is 85.6 cm³/mol. The standard InChI is InChI=1S/C16H26BNO3/c1-11-7-12(2)13(3)18(9-11)10-14-5-6-16(21-4)15(8-14)17(19)20/h5-6,8,11-13,19-20H,7,9-10H2,1-4H3. The Hall–Kier alpha value is -1.04. The fraction of sp³-hybridized carbons (Fsp3) is 0.625. The molecule has 1 aromatic rings. The number of ether oxygens (including phenoxy) is 1. The molecule has 0 aromatic heterocycles. The Labute approximate surface area is 127 Å². The second-order valence-electron chi connectivity index (χ2n) is 6.44. The summed E-state index contributed by atoms with van der Waals surface area (Å²) in [4.78, 5) is 2.48. The number of nitrogens with zero attached hydrogens (tertiary/aromatic N) is 1. The lowest BCUT2D eigenvalue weighted by Crippen LogP contribution is -2.45. The average Bonchev–Trinajstić information content (AvgIpc) is 2.44. The first-order valence-electron chi connectivity index (χ1n) is 7.69. The summed E-state index contributed by atoms with van der Waals surface area (Å²) in [5.74, 6) is 1.91. The largest absolute Gasteiger partial charge is 0.497 e. The molecule has 1 heterocycles. The molecule has 2 N–H and O–H groups in total. The van der Waals surface area contributed by atoms with E-state index in [0.717, 1.165) is 18.7 Å². The van der Waals surface area contributed by atoms with Gasteiger partial charge < -0.3 is 14.8 Å². The zero-order valence-electron chi connectivity index (χ0n) is 13.4. The Bertz CT molecular complexity index is 481. The van der Waals surface area contributed by atoms with Crippen LogP contribution in [0.25, 0.3) is 0 Å². The minimum Gasteiger partial charge on any atom is -0.497 e. The van der Waals surface area contributed by atoms with Crippen LogP contribution in [0.3, 0.4) is 0 Å². The molecular weight excluding hydrogens is 265 g/mol. The van der Waals surface area contributed by atoms with Crippen molar-refractivity contribution in [3.63, 3.8) is 0 Å². The van der Waals surface area contributed by atoms with Crippen LogP contribution in [0.2, 0.25) is 0 Å². The van der Waals surface area contributed by atoms with Gasteiger partial charge in [-0.2, -0.15) is 0 Å². The lowest BCUT2D eigenvalue weighted by atomic mass is 9.78. The highest BCUT2D eigenvalue weighted by molar-refractivity contribution is 6.59. The van der Waals surface area contributed by atoms with Gasteiger partial charge in [0.15, 0.2) is 0 Å². The van der Waals surface area contributed by atoms with Crippen LogP contribution in [-0.4, -0.2) is 41.8 Å². The minimum atomic E-state index is -1.50. The summed E-state index contributed by atoms with van der Waals surface area (Å²) in [5.41, 5.74) is 1.52. The molecule has 0 radical (unpaired) electrons. The summed E-state index contributed by atoms with van der Waals surface area (Å²) in [7, 11) is 0.0354. The molecule has 4 nitrogen and oxygen atoms in total. The van der Waals surface area contributed by atoms with E-state index in [-0.39, 0.29) is 0 Å². The van der Waals surface area contributed by atoms with Crippen molar-refractivity contribution in [2.75, 3.05) is 13.7 Å². The summed E-state index contributed by atoms with van der Waals surface area (Å²) in [5, 5.41) is 18.9. The number of likely N-dealkylation sites (tertiary alicyclic amines) is 1. The molecule has 0 bridgehead atoms. The molecule has 1 aliphatic heterocycles. The first kappa shape index (κ1) is 16.3. The first-order valence-corrected chi connectivity index (χ1v) is 7.69. The smallest absolute Gasteiger partial charge is 0.492 e. The molecular formula is C16H26BNO3. The van der Waals surface area contributed by atoms with Crippen molar-refractivity contribution in [2.45, 2.75) is 39.8 Å². The number of hydrogen-bond donors (Lipinski definition) is 2. The Morgan fingerprint density at radius 2 is 2.00 bits per heavy atom. The Kier molecular flexibility index (Phi) is 5.30. The molecule has 1 aliphatic rings. The number of rotatable bonds is 4. The monoisotopic (exact) mass is 291 g/mol. The van der Waals surface area contributed by atoms with Crippen molar-refractivity contribution in [1.82, 2.24) is 4.90 Å². The molecule has 21 heavy (non-hydrogen) atoms. The van der Waals surface area contributed by atoms with E-state index in [1.165, 1.54) is 13.5 Å². The summed E-state index contributed by atoms with van der Waals surface area (Å²) < 4.78 is 5.17. The average molecular weight is 291 g/mol. The molecule has 5 heteroatoms. The van der Waals surface area contributed by atoms with Crippen LogP contribution in [0, 0.1) is 11.8 Å². The zero-order valence-corrected chi connectivity index (χ0v) is 13.4. The van der Waals surface area contributed by atoms with Gasteiger partial charge in [0, 0.05) is 24.6 Å². The Morgan fingerprint density at radius 1 is 1.29 bits per heavy atom. The third kappa shape index (κ3) is 3.79. The van der Waals surface area contributed by atoms with Crippen LogP contribution in [0.5, 0.6) is 5.75 Å². The topological polar surface area (TPSA) is 52.9 Å². The lowest BCUT2D eigenvalue weighted by molar-refractivity contribution is 0.0730. The molecule has 1 saturated heterocycles. The van der Waals surface area contributed by atoms with Crippen molar-refractivity contribution in [3.05, 3.63) is 23.8 Å². The SMILES string of the molecule is COc1ccc(CN2CC(C)CC(C)C2C)cc1B(O)O. The predicted octanol–water partition coefficient (Wildman–Crippen LogP) is 1.24. The second-order valence-corrected chi connectivity index (χ2v) is 6.44. The lowest BCUT2D eigenvalue weighted by Gasteiger charge is -2.41. The van der Waals surface area contributed by atoms with Gasteiger partial charge in [-0.15, -0.1) is 0 Å². The molecule has 0 aliphatic carbocycles. The van der Waals surface area contributed by atoms with E-state index in [1.54, 1.807) is 0 Å². The molecule has 116 valence electrons. The Balaban J connectivity index is 2.17. The fourth-order valence-electron chi connectivity index (χ4n) is 3.36. The van der Waals surface area contributed by atoms with Gasteiger partial charge in [-0.1, -0.05) is 26.0 Å². The van der Waals surface area contributed by atoms with Crippen molar-refractivity contribution in [1.29, 1.82) is 0 Å². The van der Waals surface area contributed by atoms with E-state index in [1.807, 2.05) is 18.2 Å². The zero-order chi connectivity index (χ0) is 15.6. The van der Waals surface area contributed by atoms with Gasteiger partial charge in [0.25, 0.3) is 0 Å². The highest BCUT2D eigenvalue weighted by Gasteiger charge is 2.29. The maximum atomic E-state index is 9.46. The molecule has 0 amide bonds. The number of piperidine rings is 1. The minimum absolute atomic E-state index is 0.431. The van der Waals surface area contributed by atoms with Gasteiger partial charge in [-0.3, -0.25) is 4.90 Å². The molecule has 3 unspecified atom stereocenters. The van der Waals surface area contributed by atoms with Crippen molar-refractivity contribution in [3.8, 4) is 5.75 Å². The van der Waals surface area contributed by atoms with Gasteiger partial charge in [-0.25, -0.2) is 0 Å². The molecule has 2 rings (SSSR count). The highest BCUT2D eigenvalue weighted by Crippen LogP contribution is 2.28. The van der Waals surface area contributed by atoms with Gasteiger partial charge >= 0.3 is 7.12 Å². The molecule has 3 atom stereocenters. The van der Waals surface area contributed by atoms with E-state index in [2.05, 4.69) is 25.7 Å². The number of benzene rings is 1. The third-order valence-electron chi connectivity index (χ3n) is 4.68. The van der Waals surface area contributed by atoms with Gasteiger partial charge in [0.1, 0.15) is 5.75 Å². The highest BCUT2D eigenvalue weighted by atomic mass is 16.5. The van der Waals surface area contributed by atoms with E-state index < -0.39 is 7.12 Å². The van der Waals surface area contributed by atoms with E-state index in [4.69, 9.17) is 4.74 Å². The fourth-order valence-corrected chi connectivity index (χ4v) is 3.36. The van der Waals surface area contributed by atoms with E-state index in [9.17, 15) is 10.0 Å². The molecule has 1 fully saturated rings.